The van der Waals surface area contributed by atoms with E-state index in [4.69, 9.17) is 0 Å². The molecule has 0 atom stereocenters. The van der Waals surface area contributed by atoms with Crippen LogP contribution in [0.4, 0.5) is 24.5 Å². The van der Waals surface area contributed by atoms with Gasteiger partial charge in [-0.25, -0.2) is 0 Å². The van der Waals surface area contributed by atoms with E-state index in [0.717, 1.165) is 18.6 Å². The van der Waals surface area contributed by atoms with E-state index in [2.05, 4.69) is 16.0 Å². The zero-order chi connectivity index (χ0) is 19.9. The Labute approximate surface area is 155 Å². The first kappa shape index (κ1) is 20.4. The molecule has 0 saturated carbocycles. The maximum atomic E-state index is 12.8. The lowest BCUT2D eigenvalue weighted by molar-refractivity contribution is -0.137. The first-order chi connectivity index (χ1) is 12.8. The van der Waals surface area contributed by atoms with Gasteiger partial charge in [0.15, 0.2) is 0 Å². The number of rotatable bonds is 7. The number of halogens is 3. The fraction of sp³-hybridized carbons (Fsp3) is 0.263. The third-order valence-corrected chi connectivity index (χ3v) is 3.57. The van der Waals surface area contributed by atoms with Crippen LogP contribution >= 0.6 is 0 Å². The summed E-state index contributed by atoms with van der Waals surface area (Å²) < 4.78 is 38.3. The van der Waals surface area contributed by atoms with Crippen molar-refractivity contribution in [1.82, 2.24) is 5.32 Å². The van der Waals surface area contributed by atoms with Crippen molar-refractivity contribution in [1.29, 1.82) is 0 Å². The van der Waals surface area contributed by atoms with E-state index in [9.17, 15) is 22.8 Å². The molecule has 0 fully saturated rings. The lowest BCUT2D eigenvalue weighted by Gasteiger charge is -2.11. The molecule has 5 nitrogen and oxygen atoms in total. The van der Waals surface area contributed by atoms with Crippen LogP contribution < -0.4 is 16.0 Å². The Hall–Kier alpha value is -2.87. The summed E-state index contributed by atoms with van der Waals surface area (Å²) in [4.78, 5) is 24.1. The van der Waals surface area contributed by atoms with Crippen molar-refractivity contribution >= 4 is 23.2 Å². The highest BCUT2D eigenvalue weighted by molar-refractivity contribution is 6.05. The summed E-state index contributed by atoms with van der Waals surface area (Å²) in [7, 11) is 0. The Morgan fingerprint density at radius 3 is 2.30 bits per heavy atom. The topological polar surface area (TPSA) is 70.2 Å². The highest BCUT2D eigenvalue weighted by Gasteiger charge is 2.30. The van der Waals surface area contributed by atoms with Gasteiger partial charge in [-0.2, -0.15) is 13.2 Å². The Kier molecular flexibility index (Phi) is 6.95. The molecule has 2 aromatic carbocycles. The lowest BCUT2D eigenvalue weighted by atomic mass is 10.1. The second kappa shape index (κ2) is 9.18. The molecule has 0 heterocycles. The van der Waals surface area contributed by atoms with E-state index in [0.29, 0.717) is 12.2 Å². The first-order valence-corrected chi connectivity index (χ1v) is 8.39. The molecular weight excluding hydrogens is 359 g/mol. The zero-order valence-electron chi connectivity index (χ0n) is 14.7. The minimum Gasteiger partial charge on any atom is -0.325 e. The van der Waals surface area contributed by atoms with Crippen LogP contribution in [0.2, 0.25) is 0 Å². The molecule has 0 aliphatic heterocycles. The molecule has 27 heavy (non-hydrogen) atoms. The van der Waals surface area contributed by atoms with Crippen LogP contribution in [-0.2, 0) is 11.0 Å². The quantitative estimate of drug-likeness (QED) is 0.639. The molecule has 0 radical (unpaired) electrons. The van der Waals surface area contributed by atoms with Gasteiger partial charge in [0.05, 0.1) is 12.1 Å². The van der Waals surface area contributed by atoms with Gasteiger partial charge >= 0.3 is 6.18 Å². The number of hydrogen-bond acceptors (Lipinski definition) is 3. The summed E-state index contributed by atoms with van der Waals surface area (Å²) in [5.41, 5.74) is -0.171. The second-order valence-electron chi connectivity index (χ2n) is 5.84. The number of carbonyl (C=O) groups is 2. The van der Waals surface area contributed by atoms with Crippen molar-refractivity contribution < 1.29 is 22.8 Å². The molecule has 2 amide bonds. The van der Waals surface area contributed by atoms with Crippen molar-refractivity contribution in [2.75, 3.05) is 23.7 Å². The van der Waals surface area contributed by atoms with Crippen LogP contribution in [-0.4, -0.2) is 24.9 Å². The molecule has 0 aliphatic rings. The molecule has 0 bridgehead atoms. The number of alkyl halides is 3. The van der Waals surface area contributed by atoms with Crippen LogP contribution in [0, 0.1) is 0 Å². The molecular formula is C19H20F3N3O2. The van der Waals surface area contributed by atoms with E-state index in [1.807, 2.05) is 6.92 Å². The summed E-state index contributed by atoms with van der Waals surface area (Å²) in [6.45, 7) is 2.85. The van der Waals surface area contributed by atoms with Crippen LogP contribution in [0.1, 0.15) is 29.3 Å². The average molecular weight is 379 g/mol. The van der Waals surface area contributed by atoms with E-state index < -0.39 is 17.6 Å². The maximum absolute atomic E-state index is 12.8. The van der Waals surface area contributed by atoms with Crippen LogP contribution in [0.15, 0.2) is 48.5 Å². The van der Waals surface area contributed by atoms with E-state index in [1.165, 1.54) is 24.3 Å². The van der Waals surface area contributed by atoms with Gasteiger partial charge in [-0.05, 0) is 49.4 Å². The average Bonchev–Trinajstić information content (AvgIpc) is 2.61. The number of hydrogen-bond donors (Lipinski definition) is 3. The van der Waals surface area contributed by atoms with Gasteiger partial charge in [-0.1, -0.05) is 19.1 Å². The Bertz CT molecular complexity index is 807. The molecule has 0 saturated heterocycles. The SMILES string of the molecule is CCCNCC(=O)Nc1cccc(C(=O)Nc2cccc(C(F)(F)F)c2)c1. The zero-order valence-corrected chi connectivity index (χ0v) is 14.7. The minimum absolute atomic E-state index is 0.0352. The Morgan fingerprint density at radius 1 is 0.963 bits per heavy atom. The number of benzene rings is 2. The Balaban J connectivity index is 2.04. The predicted molar refractivity (Wildman–Crippen MR) is 97.6 cm³/mol. The molecule has 3 N–H and O–H groups in total. The van der Waals surface area contributed by atoms with Crippen LogP contribution in [0.5, 0.6) is 0 Å². The molecule has 0 aliphatic carbocycles. The summed E-state index contributed by atoms with van der Waals surface area (Å²) in [6, 6.07) is 10.6. The molecule has 2 aromatic rings. The predicted octanol–water partition coefficient (Wildman–Crippen LogP) is 3.90. The third-order valence-electron chi connectivity index (χ3n) is 3.57. The minimum atomic E-state index is -4.49. The van der Waals surface area contributed by atoms with Crippen molar-refractivity contribution in [2.24, 2.45) is 0 Å². The van der Waals surface area contributed by atoms with Gasteiger partial charge in [0.1, 0.15) is 0 Å². The monoisotopic (exact) mass is 379 g/mol. The molecule has 0 unspecified atom stereocenters. The summed E-state index contributed by atoms with van der Waals surface area (Å²) in [6.07, 6.45) is -3.59. The van der Waals surface area contributed by atoms with Crippen molar-refractivity contribution in [3.05, 3.63) is 59.7 Å². The highest BCUT2D eigenvalue weighted by Crippen LogP contribution is 2.30. The standard InChI is InChI=1S/C19H20F3N3O2/c1-2-9-23-12-17(26)24-15-7-3-5-13(10-15)18(27)25-16-8-4-6-14(11-16)19(20,21)22/h3-8,10-11,23H,2,9,12H2,1H3,(H,24,26)(H,25,27). The third kappa shape index (κ3) is 6.41. The molecule has 2 rings (SSSR count). The first-order valence-electron chi connectivity index (χ1n) is 8.39. The van der Waals surface area contributed by atoms with Crippen LogP contribution in [0.25, 0.3) is 0 Å². The molecule has 144 valence electrons. The number of carbonyl (C=O) groups excluding carboxylic acids is 2. The fourth-order valence-electron chi connectivity index (χ4n) is 2.30. The second-order valence-corrected chi connectivity index (χ2v) is 5.84. The summed E-state index contributed by atoms with van der Waals surface area (Å²) in [5, 5.41) is 8.05. The van der Waals surface area contributed by atoms with Gasteiger partial charge < -0.3 is 16.0 Å². The summed E-state index contributed by atoms with van der Waals surface area (Å²) in [5.74, 6) is -0.826. The number of nitrogens with one attached hydrogen (secondary N) is 3. The maximum Gasteiger partial charge on any atom is 0.416 e. The summed E-state index contributed by atoms with van der Waals surface area (Å²) >= 11 is 0. The van der Waals surface area contributed by atoms with Crippen LogP contribution in [0.3, 0.4) is 0 Å². The van der Waals surface area contributed by atoms with E-state index >= 15 is 0 Å². The smallest absolute Gasteiger partial charge is 0.325 e. The molecule has 0 aromatic heterocycles. The van der Waals surface area contributed by atoms with Crippen molar-refractivity contribution in [3.8, 4) is 0 Å². The fourth-order valence-corrected chi connectivity index (χ4v) is 2.30. The Morgan fingerprint density at radius 2 is 1.63 bits per heavy atom. The van der Waals surface area contributed by atoms with Crippen molar-refractivity contribution in [2.45, 2.75) is 19.5 Å². The normalized spacial score (nSPS) is 11.1. The van der Waals surface area contributed by atoms with E-state index in [-0.39, 0.29) is 23.7 Å². The number of anilines is 2. The van der Waals surface area contributed by atoms with Gasteiger partial charge in [-0.15, -0.1) is 0 Å². The van der Waals surface area contributed by atoms with Gasteiger partial charge in [0.25, 0.3) is 5.91 Å². The lowest BCUT2D eigenvalue weighted by Crippen LogP contribution is -2.28. The largest absolute Gasteiger partial charge is 0.416 e. The van der Waals surface area contributed by atoms with Gasteiger partial charge in [0, 0.05) is 16.9 Å². The van der Waals surface area contributed by atoms with Gasteiger partial charge in [0.2, 0.25) is 5.91 Å². The van der Waals surface area contributed by atoms with Gasteiger partial charge in [-0.3, -0.25) is 9.59 Å². The highest BCUT2D eigenvalue weighted by atomic mass is 19.4. The van der Waals surface area contributed by atoms with E-state index in [1.54, 1.807) is 12.1 Å². The number of amides is 2. The molecule has 8 heteroatoms. The van der Waals surface area contributed by atoms with Crippen molar-refractivity contribution in [3.63, 3.8) is 0 Å². The molecule has 0 spiro atoms.